The summed E-state index contributed by atoms with van der Waals surface area (Å²) < 4.78 is 0.976. The van der Waals surface area contributed by atoms with Crippen LogP contribution in [-0.2, 0) is 11.2 Å². The van der Waals surface area contributed by atoms with Crippen LogP contribution in [0.4, 0.5) is 10.8 Å². The first kappa shape index (κ1) is 17.2. The number of carbonyl (C=O) groups is 1. The summed E-state index contributed by atoms with van der Waals surface area (Å²) in [5, 5.41) is 16.0. The van der Waals surface area contributed by atoms with E-state index in [1.165, 1.54) is 17.4 Å². The van der Waals surface area contributed by atoms with Gasteiger partial charge < -0.3 is 5.32 Å². The normalized spacial score (nSPS) is 10.4. The lowest BCUT2D eigenvalue weighted by molar-refractivity contribution is -0.385. The van der Waals surface area contributed by atoms with E-state index < -0.39 is 4.92 Å². The molecule has 6 nitrogen and oxygen atoms in total. The first-order chi connectivity index (χ1) is 12.0. The molecule has 2 aromatic carbocycles. The molecule has 0 aliphatic rings. The van der Waals surface area contributed by atoms with Crippen LogP contribution in [0.15, 0.2) is 58.4 Å². The lowest BCUT2D eigenvalue weighted by Gasteiger charge is -2.03. The quantitative estimate of drug-likeness (QED) is 0.482. The summed E-state index contributed by atoms with van der Waals surface area (Å²) in [6, 6.07) is 13.9. The van der Waals surface area contributed by atoms with E-state index in [-0.39, 0.29) is 18.0 Å². The van der Waals surface area contributed by atoms with Crippen LogP contribution >= 0.6 is 27.3 Å². The Morgan fingerprint density at radius 3 is 2.64 bits per heavy atom. The molecule has 3 rings (SSSR count). The molecule has 0 saturated heterocycles. The molecule has 0 radical (unpaired) electrons. The highest BCUT2D eigenvalue weighted by molar-refractivity contribution is 9.10. The summed E-state index contributed by atoms with van der Waals surface area (Å²) in [4.78, 5) is 27.1. The summed E-state index contributed by atoms with van der Waals surface area (Å²) in [5.41, 5.74) is 2.01. The van der Waals surface area contributed by atoms with Crippen molar-refractivity contribution < 1.29 is 9.72 Å². The van der Waals surface area contributed by atoms with Crippen LogP contribution in [0.25, 0.3) is 11.3 Å². The number of para-hydroxylation sites is 1. The fourth-order valence-electron chi connectivity index (χ4n) is 2.26. The Morgan fingerprint density at radius 1 is 1.20 bits per heavy atom. The van der Waals surface area contributed by atoms with Crippen LogP contribution in [0.5, 0.6) is 0 Å². The van der Waals surface area contributed by atoms with Crippen molar-refractivity contribution in [2.24, 2.45) is 0 Å². The minimum Gasteiger partial charge on any atom is -0.302 e. The van der Waals surface area contributed by atoms with Crippen molar-refractivity contribution >= 4 is 44.0 Å². The molecule has 0 unspecified atom stereocenters. The molecule has 0 spiro atoms. The first-order valence-electron chi connectivity index (χ1n) is 7.26. The van der Waals surface area contributed by atoms with Gasteiger partial charge in [0.2, 0.25) is 5.91 Å². The molecule has 0 aliphatic heterocycles. The van der Waals surface area contributed by atoms with Crippen molar-refractivity contribution in [3.05, 3.63) is 74.1 Å². The molecule has 25 heavy (non-hydrogen) atoms. The largest absolute Gasteiger partial charge is 0.302 e. The van der Waals surface area contributed by atoms with Gasteiger partial charge in [0, 0.05) is 27.0 Å². The molecular formula is C17H12BrN3O3S. The van der Waals surface area contributed by atoms with E-state index >= 15 is 0 Å². The molecule has 3 aromatic rings. The smallest absolute Gasteiger partial charge is 0.273 e. The van der Waals surface area contributed by atoms with E-state index in [4.69, 9.17) is 0 Å². The Hall–Kier alpha value is -2.58. The summed E-state index contributed by atoms with van der Waals surface area (Å²) in [7, 11) is 0. The molecule has 0 atom stereocenters. The van der Waals surface area contributed by atoms with E-state index in [1.807, 2.05) is 29.6 Å². The molecule has 1 heterocycles. The molecule has 126 valence electrons. The second-order valence-corrected chi connectivity index (χ2v) is 6.93. The highest BCUT2D eigenvalue weighted by Gasteiger charge is 2.16. The van der Waals surface area contributed by atoms with E-state index in [9.17, 15) is 14.9 Å². The number of amides is 1. The number of hydrogen-bond donors (Lipinski definition) is 1. The maximum Gasteiger partial charge on any atom is 0.273 e. The van der Waals surface area contributed by atoms with Crippen LogP contribution in [0, 0.1) is 10.1 Å². The number of aromatic nitrogens is 1. The predicted octanol–water partition coefficient (Wildman–Crippen LogP) is 4.66. The topological polar surface area (TPSA) is 85.1 Å². The SMILES string of the molecule is O=C(Cc1ccccc1[N+](=O)[O-])Nc1nc(-c2ccc(Br)cc2)cs1. The third-order valence-corrected chi connectivity index (χ3v) is 4.72. The van der Waals surface area contributed by atoms with Crippen molar-refractivity contribution in [3.8, 4) is 11.3 Å². The highest BCUT2D eigenvalue weighted by atomic mass is 79.9. The number of nitro benzene ring substituents is 1. The number of thiazole rings is 1. The molecule has 0 saturated carbocycles. The van der Waals surface area contributed by atoms with Gasteiger partial charge in [-0.05, 0) is 12.1 Å². The van der Waals surface area contributed by atoms with Crippen LogP contribution in [0.3, 0.4) is 0 Å². The van der Waals surface area contributed by atoms with E-state index in [0.717, 1.165) is 15.7 Å². The van der Waals surface area contributed by atoms with Crippen molar-refractivity contribution in [2.75, 3.05) is 5.32 Å². The fourth-order valence-corrected chi connectivity index (χ4v) is 3.26. The molecule has 1 aromatic heterocycles. The third kappa shape index (κ3) is 4.28. The summed E-state index contributed by atoms with van der Waals surface area (Å²) in [5.74, 6) is -0.342. The third-order valence-electron chi connectivity index (χ3n) is 3.43. The van der Waals surface area contributed by atoms with Gasteiger partial charge in [-0.2, -0.15) is 0 Å². The van der Waals surface area contributed by atoms with Gasteiger partial charge in [0.05, 0.1) is 17.0 Å². The monoisotopic (exact) mass is 417 g/mol. The van der Waals surface area contributed by atoms with Crippen molar-refractivity contribution in [2.45, 2.75) is 6.42 Å². The second kappa shape index (κ2) is 7.54. The Morgan fingerprint density at radius 2 is 1.92 bits per heavy atom. The van der Waals surface area contributed by atoms with Gasteiger partial charge in [-0.25, -0.2) is 4.98 Å². The summed E-state index contributed by atoms with van der Waals surface area (Å²) in [6.07, 6.45) is -0.0790. The van der Waals surface area contributed by atoms with Crippen molar-refractivity contribution in [3.63, 3.8) is 0 Å². The maximum absolute atomic E-state index is 12.2. The zero-order valence-electron chi connectivity index (χ0n) is 12.8. The van der Waals surface area contributed by atoms with Crippen LogP contribution in [0.2, 0.25) is 0 Å². The summed E-state index contributed by atoms with van der Waals surface area (Å²) >= 11 is 4.69. The highest BCUT2D eigenvalue weighted by Crippen LogP contribution is 2.26. The fraction of sp³-hybridized carbons (Fsp3) is 0.0588. The molecule has 0 fully saturated rings. The Balaban J connectivity index is 1.70. The molecular weight excluding hydrogens is 406 g/mol. The van der Waals surface area contributed by atoms with Gasteiger partial charge in [-0.1, -0.05) is 46.3 Å². The maximum atomic E-state index is 12.2. The number of anilines is 1. The van der Waals surface area contributed by atoms with Gasteiger partial charge in [-0.15, -0.1) is 11.3 Å². The number of benzene rings is 2. The number of nitrogens with zero attached hydrogens (tertiary/aromatic N) is 2. The zero-order chi connectivity index (χ0) is 17.8. The Kier molecular flexibility index (Phi) is 5.20. The van der Waals surface area contributed by atoms with Gasteiger partial charge in [0.1, 0.15) is 0 Å². The number of rotatable bonds is 5. The van der Waals surface area contributed by atoms with E-state index in [2.05, 4.69) is 26.2 Å². The average Bonchev–Trinajstić information content (AvgIpc) is 3.04. The number of nitro groups is 1. The molecule has 0 bridgehead atoms. The molecule has 1 amide bonds. The Labute approximate surface area is 155 Å². The Bertz CT molecular complexity index is 925. The van der Waals surface area contributed by atoms with Crippen LogP contribution in [0.1, 0.15) is 5.56 Å². The number of halogens is 1. The number of carbonyl (C=O) groups excluding carboxylic acids is 1. The van der Waals surface area contributed by atoms with Gasteiger partial charge in [0.15, 0.2) is 5.13 Å². The number of hydrogen-bond acceptors (Lipinski definition) is 5. The van der Waals surface area contributed by atoms with E-state index in [0.29, 0.717) is 10.7 Å². The number of nitrogens with one attached hydrogen (secondary N) is 1. The second-order valence-electron chi connectivity index (χ2n) is 5.16. The molecule has 1 N–H and O–H groups in total. The van der Waals surface area contributed by atoms with Gasteiger partial charge >= 0.3 is 0 Å². The standard InChI is InChI=1S/C17H12BrN3O3S/c18-13-7-5-11(6-8-13)14-10-25-17(19-14)20-16(22)9-12-3-1-2-4-15(12)21(23)24/h1-8,10H,9H2,(H,19,20,22). The van der Waals surface area contributed by atoms with Gasteiger partial charge in [-0.3, -0.25) is 14.9 Å². The average molecular weight is 418 g/mol. The minimum absolute atomic E-state index is 0.0626. The van der Waals surface area contributed by atoms with Gasteiger partial charge in [0.25, 0.3) is 5.69 Å². The van der Waals surface area contributed by atoms with Crippen LogP contribution in [-0.4, -0.2) is 15.8 Å². The lowest BCUT2D eigenvalue weighted by Crippen LogP contribution is -2.15. The molecule has 0 aliphatic carbocycles. The first-order valence-corrected chi connectivity index (χ1v) is 8.94. The molecule has 8 heteroatoms. The van der Waals surface area contributed by atoms with Crippen molar-refractivity contribution in [1.29, 1.82) is 0 Å². The van der Waals surface area contributed by atoms with Crippen molar-refractivity contribution in [1.82, 2.24) is 4.98 Å². The lowest BCUT2D eigenvalue weighted by atomic mass is 10.1. The predicted molar refractivity (Wildman–Crippen MR) is 101 cm³/mol. The van der Waals surface area contributed by atoms with Crippen LogP contribution < -0.4 is 5.32 Å². The zero-order valence-corrected chi connectivity index (χ0v) is 15.2. The minimum atomic E-state index is -0.488. The summed E-state index contributed by atoms with van der Waals surface area (Å²) in [6.45, 7) is 0. The van der Waals surface area contributed by atoms with E-state index in [1.54, 1.807) is 18.2 Å².